The molecule has 1 unspecified atom stereocenters. The van der Waals surface area contributed by atoms with Crippen molar-refractivity contribution in [3.8, 4) is 0 Å². The van der Waals surface area contributed by atoms with Gasteiger partial charge >= 0.3 is 0 Å². The smallest absolute Gasteiger partial charge is 0.116 e. The van der Waals surface area contributed by atoms with Crippen molar-refractivity contribution in [1.29, 1.82) is 0 Å². The number of hydrogen-bond acceptors (Lipinski definition) is 3. The fourth-order valence-corrected chi connectivity index (χ4v) is 0. The zero-order valence-corrected chi connectivity index (χ0v) is 5.29. The highest BCUT2D eigenvalue weighted by molar-refractivity contribution is 5.44. The first-order chi connectivity index (χ1) is 3.68. The molecule has 0 aliphatic carbocycles. The van der Waals surface area contributed by atoms with Crippen LogP contribution in [-0.2, 0) is 4.79 Å². The van der Waals surface area contributed by atoms with E-state index in [1.54, 1.807) is 6.92 Å². The summed E-state index contributed by atoms with van der Waals surface area (Å²) in [5.74, 6) is 0. The number of aldehydes is 1. The van der Waals surface area contributed by atoms with Gasteiger partial charge in [-0.05, 0) is 13.8 Å². The summed E-state index contributed by atoms with van der Waals surface area (Å²) in [6.45, 7) is 3.28. The average molecular weight is 119 g/mol. The Morgan fingerprint density at radius 1 is 1.88 bits per heavy atom. The maximum Gasteiger partial charge on any atom is 0.116 e. The summed E-state index contributed by atoms with van der Waals surface area (Å²) in [5.41, 5.74) is 5.04. The van der Waals surface area contributed by atoms with E-state index in [0.29, 0.717) is 0 Å². The lowest BCUT2D eigenvalue weighted by molar-refractivity contribution is -0.106. The molecule has 0 rings (SSSR count). The van der Waals surface area contributed by atoms with E-state index in [1.165, 1.54) is 6.92 Å². The average Bonchev–Trinajstić information content (AvgIpc) is 1.69. The van der Waals surface area contributed by atoms with Crippen LogP contribution in [0.3, 0.4) is 0 Å². The Kier molecular flexibility index (Phi) is 12.9. The SMILES string of the molecule is CC(N)CO.CC=O. The van der Waals surface area contributed by atoms with Gasteiger partial charge in [-0.25, -0.2) is 0 Å². The summed E-state index contributed by atoms with van der Waals surface area (Å²) in [4.78, 5) is 8.81. The zero-order chi connectivity index (χ0) is 6.99. The van der Waals surface area contributed by atoms with Crippen molar-refractivity contribution in [1.82, 2.24) is 0 Å². The lowest BCUT2D eigenvalue weighted by Crippen LogP contribution is -2.18. The van der Waals surface area contributed by atoms with Crippen LogP contribution in [0.5, 0.6) is 0 Å². The van der Waals surface area contributed by atoms with E-state index >= 15 is 0 Å². The minimum absolute atomic E-state index is 0.0602. The molecule has 0 heterocycles. The molecule has 0 saturated carbocycles. The van der Waals surface area contributed by atoms with Gasteiger partial charge in [0.2, 0.25) is 0 Å². The summed E-state index contributed by atoms with van der Waals surface area (Å²) in [6.07, 6.45) is 0.750. The number of hydrogen-bond donors (Lipinski definition) is 2. The van der Waals surface area contributed by atoms with Crippen molar-refractivity contribution in [3.63, 3.8) is 0 Å². The monoisotopic (exact) mass is 119 g/mol. The summed E-state index contributed by atoms with van der Waals surface area (Å²) in [7, 11) is 0. The van der Waals surface area contributed by atoms with E-state index < -0.39 is 0 Å². The molecule has 50 valence electrons. The molecular formula is C5H13NO2. The third-order valence-corrected chi connectivity index (χ3v) is 0.288. The lowest BCUT2D eigenvalue weighted by atomic mass is 10.4. The van der Waals surface area contributed by atoms with E-state index in [-0.39, 0.29) is 12.6 Å². The fourth-order valence-electron chi connectivity index (χ4n) is 0. The number of aliphatic hydroxyl groups excluding tert-OH is 1. The fraction of sp³-hybridized carbons (Fsp3) is 0.800. The van der Waals surface area contributed by atoms with Gasteiger partial charge in [-0.15, -0.1) is 0 Å². The van der Waals surface area contributed by atoms with Crippen LogP contribution in [0.15, 0.2) is 0 Å². The summed E-state index contributed by atoms with van der Waals surface area (Å²) in [6, 6.07) is -0.0602. The maximum absolute atomic E-state index is 8.81. The largest absolute Gasteiger partial charge is 0.395 e. The third-order valence-electron chi connectivity index (χ3n) is 0.288. The molecule has 0 spiro atoms. The van der Waals surface area contributed by atoms with E-state index in [9.17, 15) is 0 Å². The van der Waals surface area contributed by atoms with Crippen LogP contribution >= 0.6 is 0 Å². The van der Waals surface area contributed by atoms with Crippen molar-refractivity contribution < 1.29 is 9.90 Å². The number of aliphatic hydroxyl groups is 1. The first-order valence-corrected chi connectivity index (χ1v) is 2.45. The molecule has 0 aliphatic heterocycles. The molecule has 0 amide bonds. The van der Waals surface area contributed by atoms with Gasteiger partial charge in [0.25, 0.3) is 0 Å². The van der Waals surface area contributed by atoms with Gasteiger partial charge in [0.05, 0.1) is 6.61 Å². The Morgan fingerprint density at radius 3 is 2.00 bits per heavy atom. The van der Waals surface area contributed by atoms with Crippen LogP contribution in [0, 0.1) is 0 Å². The second-order valence-corrected chi connectivity index (χ2v) is 1.40. The molecule has 0 bridgehead atoms. The summed E-state index contributed by atoms with van der Waals surface area (Å²) >= 11 is 0. The van der Waals surface area contributed by atoms with Crippen molar-refractivity contribution in [2.24, 2.45) is 5.73 Å². The normalized spacial score (nSPS) is 11.0. The number of rotatable bonds is 1. The molecule has 0 saturated heterocycles. The summed E-state index contributed by atoms with van der Waals surface area (Å²) < 4.78 is 0. The number of carbonyl (C=O) groups excluding carboxylic acids is 1. The van der Waals surface area contributed by atoms with Crippen LogP contribution in [0.4, 0.5) is 0 Å². The standard InChI is InChI=1S/C3H9NO.C2H4O/c1-3(4)2-5;1-2-3/h3,5H,2,4H2,1H3;2H,1H3. The van der Waals surface area contributed by atoms with E-state index in [4.69, 9.17) is 15.6 Å². The zero-order valence-electron chi connectivity index (χ0n) is 5.29. The number of nitrogens with two attached hydrogens (primary N) is 1. The van der Waals surface area contributed by atoms with Gasteiger partial charge in [-0.3, -0.25) is 0 Å². The second-order valence-electron chi connectivity index (χ2n) is 1.40. The van der Waals surface area contributed by atoms with Crippen molar-refractivity contribution in [2.45, 2.75) is 19.9 Å². The molecule has 3 nitrogen and oxygen atoms in total. The topological polar surface area (TPSA) is 63.3 Å². The third kappa shape index (κ3) is 46.6. The highest BCUT2D eigenvalue weighted by atomic mass is 16.3. The Bertz CT molecular complexity index is 45.7. The van der Waals surface area contributed by atoms with Crippen LogP contribution in [0.25, 0.3) is 0 Å². The molecule has 0 fully saturated rings. The van der Waals surface area contributed by atoms with Gasteiger partial charge in [0, 0.05) is 6.04 Å². The maximum atomic E-state index is 8.81. The summed E-state index contributed by atoms with van der Waals surface area (Å²) in [5, 5.41) is 8.02. The van der Waals surface area contributed by atoms with Crippen molar-refractivity contribution in [2.75, 3.05) is 6.61 Å². The van der Waals surface area contributed by atoms with Gasteiger partial charge in [0.15, 0.2) is 0 Å². The van der Waals surface area contributed by atoms with Gasteiger partial charge in [0.1, 0.15) is 6.29 Å². The van der Waals surface area contributed by atoms with Crippen LogP contribution in [0.1, 0.15) is 13.8 Å². The molecular weight excluding hydrogens is 106 g/mol. The quantitative estimate of drug-likeness (QED) is 0.459. The Balaban J connectivity index is 0. The number of carbonyl (C=O) groups is 1. The van der Waals surface area contributed by atoms with Crippen LogP contribution in [-0.4, -0.2) is 24.0 Å². The first-order valence-electron chi connectivity index (χ1n) is 2.45. The second kappa shape index (κ2) is 9.77. The Labute approximate surface area is 49.5 Å². The van der Waals surface area contributed by atoms with Crippen LogP contribution < -0.4 is 5.73 Å². The van der Waals surface area contributed by atoms with Gasteiger partial charge < -0.3 is 15.6 Å². The minimum atomic E-state index is -0.0602. The highest BCUT2D eigenvalue weighted by Crippen LogP contribution is 1.62. The first kappa shape index (κ1) is 10.5. The molecule has 1 atom stereocenters. The predicted molar refractivity (Wildman–Crippen MR) is 32.5 cm³/mol. The van der Waals surface area contributed by atoms with E-state index in [1.807, 2.05) is 0 Å². The van der Waals surface area contributed by atoms with Crippen molar-refractivity contribution >= 4 is 6.29 Å². The molecule has 0 aromatic carbocycles. The minimum Gasteiger partial charge on any atom is -0.395 e. The molecule has 0 radical (unpaired) electrons. The van der Waals surface area contributed by atoms with Gasteiger partial charge in [-0.2, -0.15) is 0 Å². The Hall–Kier alpha value is -0.410. The molecule has 0 aliphatic rings. The van der Waals surface area contributed by atoms with Crippen LogP contribution in [0.2, 0.25) is 0 Å². The molecule has 0 aromatic rings. The Morgan fingerprint density at radius 2 is 2.00 bits per heavy atom. The van der Waals surface area contributed by atoms with E-state index in [2.05, 4.69) is 0 Å². The van der Waals surface area contributed by atoms with Gasteiger partial charge in [-0.1, -0.05) is 0 Å². The van der Waals surface area contributed by atoms with E-state index in [0.717, 1.165) is 6.29 Å². The van der Waals surface area contributed by atoms with Crippen molar-refractivity contribution in [3.05, 3.63) is 0 Å². The highest BCUT2D eigenvalue weighted by Gasteiger charge is 1.81. The molecule has 8 heavy (non-hydrogen) atoms. The predicted octanol–water partition coefficient (Wildman–Crippen LogP) is -0.469. The molecule has 0 aromatic heterocycles. The molecule has 3 heteroatoms. The molecule has 3 N–H and O–H groups in total. The lowest BCUT2D eigenvalue weighted by Gasteiger charge is -1.91.